The lowest BCUT2D eigenvalue weighted by Crippen LogP contribution is -2.23. The Bertz CT molecular complexity index is 442. The third kappa shape index (κ3) is 2.74. The number of anilines is 1. The van der Waals surface area contributed by atoms with E-state index >= 15 is 0 Å². The number of aliphatic hydroxyl groups excluding tert-OH is 1. The number of hydrogen-bond donors (Lipinski definition) is 1. The summed E-state index contributed by atoms with van der Waals surface area (Å²) in [5.74, 6) is 0.0803. The van der Waals surface area contributed by atoms with Gasteiger partial charge in [-0.05, 0) is 12.1 Å². The Morgan fingerprint density at radius 2 is 1.94 bits per heavy atom. The maximum Gasteiger partial charge on any atom is 0.180 e. The molecule has 0 spiro atoms. The summed E-state index contributed by atoms with van der Waals surface area (Å²) < 4.78 is 23.7. The molecule has 0 heterocycles. The second-order valence-corrected chi connectivity index (χ2v) is 5.76. The van der Waals surface area contributed by atoms with Gasteiger partial charge in [-0.3, -0.25) is 0 Å². The van der Waals surface area contributed by atoms with Gasteiger partial charge in [0.15, 0.2) is 9.84 Å². The molecule has 4 nitrogen and oxygen atoms in total. The van der Waals surface area contributed by atoms with Crippen LogP contribution in [0.5, 0.6) is 0 Å². The second kappa shape index (κ2) is 5.32. The third-order valence-corrected chi connectivity index (χ3v) is 4.20. The monoisotopic (exact) mass is 243 g/mol. The molecule has 1 aromatic carbocycles. The minimum absolute atomic E-state index is 0.00297. The maximum atomic E-state index is 11.8. The molecule has 0 bridgehead atoms. The zero-order valence-electron chi connectivity index (χ0n) is 9.55. The summed E-state index contributed by atoms with van der Waals surface area (Å²) in [6, 6.07) is 6.84. The number of aliphatic hydroxyl groups is 1. The summed E-state index contributed by atoms with van der Waals surface area (Å²) in [6.07, 6.45) is 0. The summed E-state index contributed by atoms with van der Waals surface area (Å²) in [6.45, 7) is 2.03. The average Bonchev–Trinajstić information content (AvgIpc) is 2.29. The van der Waals surface area contributed by atoms with Crippen molar-refractivity contribution in [2.45, 2.75) is 11.8 Å². The molecule has 0 saturated carbocycles. The van der Waals surface area contributed by atoms with Gasteiger partial charge in [0.2, 0.25) is 0 Å². The lowest BCUT2D eigenvalue weighted by atomic mass is 10.3. The van der Waals surface area contributed by atoms with E-state index in [4.69, 9.17) is 5.11 Å². The zero-order chi connectivity index (χ0) is 12.2. The average molecular weight is 243 g/mol. The number of likely N-dealkylation sites (N-methyl/N-ethyl adjacent to an activating group) is 1. The van der Waals surface area contributed by atoms with Gasteiger partial charge in [0.1, 0.15) is 0 Å². The van der Waals surface area contributed by atoms with Crippen molar-refractivity contribution in [3.63, 3.8) is 0 Å². The van der Waals surface area contributed by atoms with Crippen LogP contribution in [0.1, 0.15) is 6.92 Å². The Morgan fingerprint density at radius 3 is 2.50 bits per heavy atom. The number of nitrogens with zero attached hydrogens (tertiary/aromatic N) is 1. The van der Waals surface area contributed by atoms with E-state index in [-0.39, 0.29) is 12.4 Å². The van der Waals surface area contributed by atoms with Gasteiger partial charge < -0.3 is 10.0 Å². The van der Waals surface area contributed by atoms with Crippen LogP contribution in [0.2, 0.25) is 0 Å². The second-order valence-electron chi connectivity index (χ2n) is 3.52. The number of benzene rings is 1. The molecule has 1 aromatic rings. The molecule has 0 aliphatic rings. The van der Waals surface area contributed by atoms with Crippen LogP contribution in [0.15, 0.2) is 29.2 Å². The molecule has 0 aromatic heterocycles. The Morgan fingerprint density at radius 1 is 1.31 bits per heavy atom. The molecule has 0 saturated heterocycles. The van der Waals surface area contributed by atoms with Crippen molar-refractivity contribution in [3.05, 3.63) is 24.3 Å². The van der Waals surface area contributed by atoms with Gasteiger partial charge in [-0.2, -0.15) is 0 Å². The first kappa shape index (κ1) is 13.0. The van der Waals surface area contributed by atoms with E-state index in [9.17, 15) is 8.42 Å². The summed E-state index contributed by atoms with van der Waals surface area (Å²) in [5.41, 5.74) is 0.637. The van der Waals surface area contributed by atoms with Crippen molar-refractivity contribution in [3.8, 4) is 0 Å². The lowest BCUT2D eigenvalue weighted by Gasteiger charge is -2.20. The largest absolute Gasteiger partial charge is 0.395 e. The minimum Gasteiger partial charge on any atom is -0.395 e. The minimum atomic E-state index is -3.22. The molecule has 1 N–H and O–H groups in total. The first-order valence-corrected chi connectivity index (χ1v) is 6.82. The molecular weight excluding hydrogens is 226 g/mol. The fourth-order valence-electron chi connectivity index (χ4n) is 1.46. The first-order valence-electron chi connectivity index (χ1n) is 5.16. The maximum absolute atomic E-state index is 11.8. The van der Waals surface area contributed by atoms with E-state index in [1.54, 1.807) is 43.1 Å². The van der Waals surface area contributed by atoms with Crippen LogP contribution in [-0.2, 0) is 9.84 Å². The molecule has 0 unspecified atom stereocenters. The van der Waals surface area contributed by atoms with E-state index in [1.165, 1.54) is 0 Å². The highest BCUT2D eigenvalue weighted by Crippen LogP contribution is 2.24. The molecular formula is C11H17NO3S. The molecule has 16 heavy (non-hydrogen) atoms. The highest BCUT2D eigenvalue weighted by atomic mass is 32.2. The third-order valence-electron chi connectivity index (χ3n) is 2.43. The summed E-state index contributed by atoms with van der Waals surface area (Å²) in [7, 11) is -1.45. The van der Waals surface area contributed by atoms with Gasteiger partial charge in [-0.25, -0.2) is 8.42 Å². The van der Waals surface area contributed by atoms with Crippen LogP contribution in [0, 0.1) is 0 Å². The number of para-hydroxylation sites is 1. The molecule has 0 radical (unpaired) electrons. The molecule has 0 aliphatic heterocycles. The fraction of sp³-hybridized carbons (Fsp3) is 0.455. The van der Waals surface area contributed by atoms with E-state index in [0.29, 0.717) is 17.1 Å². The van der Waals surface area contributed by atoms with Crippen molar-refractivity contribution in [2.24, 2.45) is 0 Å². The van der Waals surface area contributed by atoms with Gasteiger partial charge in [0.25, 0.3) is 0 Å². The Kier molecular flexibility index (Phi) is 4.32. The van der Waals surface area contributed by atoms with E-state index < -0.39 is 9.84 Å². The fourth-order valence-corrected chi connectivity index (χ4v) is 2.60. The van der Waals surface area contributed by atoms with Gasteiger partial charge >= 0.3 is 0 Å². The molecule has 1 rings (SSSR count). The van der Waals surface area contributed by atoms with Gasteiger partial charge in [-0.15, -0.1) is 0 Å². The Hall–Kier alpha value is -1.07. The molecule has 5 heteroatoms. The molecule has 0 amide bonds. The van der Waals surface area contributed by atoms with Gasteiger partial charge in [0, 0.05) is 13.6 Å². The van der Waals surface area contributed by atoms with Crippen molar-refractivity contribution in [1.82, 2.24) is 0 Å². The molecule has 90 valence electrons. The van der Waals surface area contributed by atoms with Crippen LogP contribution in [0.25, 0.3) is 0 Å². The summed E-state index contributed by atoms with van der Waals surface area (Å²) in [5, 5.41) is 8.86. The van der Waals surface area contributed by atoms with Crippen LogP contribution in [0.4, 0.5) is 5.69 Å². The standard InChI is InChI=1S/C11H17NO3S/c1-3-16(14,15)11-7-5-4-6-10(11)12(2)8-9-13/h4-7,13H,3,8-9H2,1-2H3. The Balaban J connectivity index is 3.20. The van der Waals surface area contributed by atoms with Crippen molar-refractivity contribution in [2.75, 3.05) is 30.9 Å². The summed E-state index contributed by atoms with van der Waals surface area (Å²) >= 11 is 0. The predicted molar refractivity (Wildman–Crippen MR) is 64.5 cm³/mol. The first-order chi connectivity index (χ1) is 7.53. The number of sulfone groups is 1. The van der Waals surface area contributed by atoms with Crippen LogP contribution < -0.4 is 4.90 Å². The van der Waals surface area contributed by atoms with E-state index in [2.05, 4.69) is 0 Å². The van der Waals surface area contributed by atoms with Crippen LogP contribution >= 0.6 is 0 Å². The molecule has 0 atom stereocenters. The zero-order valence-corrected chi connectivity index (χ0v) is 10.4. The number of hydrogen-bond acceptors (Lipinski definition) is 4. The molecule has 0 fully saturated rings. The highest BCUT2D eigenvalue weighted by molar-refractivity contribution is 7.91. The highest BCUT2D eigenvalue weighted by Gasteiger charge is 2.17. The summed E-state index contributed by atoms with van der Waals surface area (Å²) in [4.78, 5) is 2.07. The van der Waals surface area contributed by atoms with Crippen LogP contribution in [-0.4, -0.2) is 39.5 Å². The van der Waals surface area contributed by atoms with E-state index in [0.717, 1.165) is 0 Å². The van der Waals surface area contributed by atoms with Crippen molar-refractivity contribution >= 4 is 15.5 Å². The van der Waals surface area contributed by atoms with Crippen LogP contribution in [0.3, 0.4) is 0 Å². The normalized spacial score (nSPS) is 11.4. The quantitative estimate of drug-likeness (QED) is 0.835. The van der Waals surface area contributed by atoms with Gasteiger partial charge in [-0.1, -0.05) is 19.1 Å². The van der Waals surface area contributed by atoms with E-state index in [1.807, 2.05) is 0 Å². The lowest BCUT2D eigenvalue weighted by molar-refractivity contribution is 0.304. The topological polar surface area (TPSA) is 57.6 Å². The number of rotatable bonds is 5. The smallest absolute Gasteiger partial charge is 0.180 e. The van der Waals surface area contributed by atoms with Gasteiger partial charge in [0.05, 0.1) is 22.9 Å². The van der Waals surface area contributed by atoms with Crippen molar-refractivity contribution < 1.29 is 13.5 Å². The Labute approximate surface area is 96.4 Å². The SMILES string of the molecule is CCS(=O)(=O)c1ccccc1N(C)CCO. The predicted octanol–water partition coefficient (Wildman–Crippen LogP) is 0.909. The van der Waals surface area contributed by atoms with Crippen molar-refractivity contribution in [1.29, 1.82) is 0 Å². The molecule has 0 aliphatic carbocycles.